The van der Waals surface area contributed by atoms with Crippen molar-refractivity contribution in [1.82, 2.24) is 0 Å². The van der Waals surface area contributed by atoms with Crippen LogP contribution in [0.2, 0.25) is 0 Å². The van der Waals surface area contributed by atoms with E-state index in [1.807, 2.05) is 0 Å². The van der Waals surface area contributed by atoms with Gasteiger partial charge in [-0.25, -0.2) is 0 Å². The van der Waals surface area contributed by atoms with E-state index in [1.165, 1.54) is 71.3 Å². The van der Waals surface area contributed by atoms with Crippen molar-refractivity contribution in [3.8, 4) is 0 Å². The van der Waals surface area contributed by atoms with Crippen molar-refractivity contribution < 1.29 is 9.53 Å². The average Bonchev–Trinajstić information content (AvgIpc) is 2.50. The van der Waals surface area contributed by atoms with Gasteiger partial charge in [-0.15, -0.1) is 0 Å². The molecule has 0 aliphatic heterocycles. The van der Waals surface area contributed by atoms with E-state index < -0.39 is 0 Å². The first-order valence-electron chi connectivity index (χ1n) is 9.03. The van der Waals surface area contributed by atoms with Crippen LogP contribution >= 0.6 is 0 Å². The third-order valence-electron chi connectivity index (χ3n) is 3.87. The van der Waals surface area contributed by atoms with Gasteiger partial charge < -0.3 is 4.74 Å². The number of ether oxygens (including phenoxy) is 1. The quantitative estimate of drug-likeness (QED) is 0.204. The van der Waals surface area contributed by atoms with E-state index in [9.17, 15) is 4.79 Å². The van der Waals surface area contributed by atoms with Gasteiger partial charge in [0.2, 0.25) is 0 Å². The Hall–Kier alpha value is -0.790. The minimum Gasteiger partial charge on any atom is -0.469 e. The number of hydrogen-bond acceptors (Lipinski definition) is 2. The summed E-state index contributed by atoms with van der Waals surface area (Å²) in [6.45, 7) is 2.27. The van der Waals surface area contributed by atoms with E-state index in [0.29, 0.717) is 6.42 Å². The summed E-state index contributed by atoms with van der Waals surface area (Å²) in [7, 11) is 1.45. The van der Waals surface area contributed by atoms with Crippen LogP contribution in [0.3, 0.4) is 0 Å². The zero-order chi connectivity index (χ0) is 15.6. The number of hydrogen-bond donors (Lipinski definition) is 0. The highest BCUT2D eigenvalue weighted by Gasteiger charge is 1.98. The normalized spacial score (nSPS) is 11.1. The van der Waals surface area contributed by atoms with Crippen molar-refractivity contribution in [2.24, 2.45) is 0 Å². The molecule has 0 fully saturated rings. The van der Waals surface area contributed by atoms with Crippen molar-refractivity contribution in [1.29, 1.82) is 0 Å². The fourth-order valence-electron chi connectivity index (χ4n) is 2.44. The lowest BCUT2D eigenvalue weighted by molar-refractivity contribution is -0.140. The van der Waals surface area contributed by atoms with Gasteiger partial charge in [-0.05, 0) is 32.1 Å². The molecule has 124 valence electrons. The molecule has 0 aromatic heterocycles. The van der Waals surface area contributed by atoms with Crippen LogP contribution in [0.1, 0.15) is 96.8 Å². The van der Waals surface area contributed by atoms with E-state index in [-0.39, 0.29) is 5.97 Å². The lowest BCUT2D eigenvalue weighted by Gasteiger charge is -2.00. The molecule has 0 bridgehead atoms. The lowest BCUT2D eigenvalue weighted by Crippen LogP contribution is -1.98. The van der Waals surface area contributed by atoms with E-state index in [4.69, 9.17) is 0 Å². The monoisotopic (exact) mass is 296 g/mol. The van der Waals surface area contributed by atoms with Gasteiger partial charge in [-0.3, -0.25) is 4.79 Å². The molecule has 0 radical (unpaired) electrons. The van der Waals surface area contributed by atoms with Crippen LogP contribution in [0.25, 0.3) is 0 Å². The fraction of sp³-hybridized carbons (Fsp3) is 0.842. The first-order valence-corrected chi connectivity index (χ1v) is 9.03. The zero-order valence-electron chi connectivity index (χ0n) is 14.4. The Morgan fingerprint density at radius 2 is 1.24 bits per heavy atom. The first kappa shape index (κ1) is 20.2. The highest BCUT2D eigenvalue weighted by atomic mass is 16.5. The van der Waals surface area contributed by atoms with Gasteiger partial charge >= 0.3 is 5.97 Å². The van der Waals surface area contributed by atoms with Gasteiger partial charge in [-0.1, -0.05) is 70.4 Å². The molecular weight excluding hydrogens is 260 g/mol. The highest BCUT2D eigenvalue weighted by Crippen LogP contribution is 2.10. The maximum atomic E-state index is 10.9. The summed E-state index contributed by atoms with van der Waals surface area (Å²) in [4.78, 5) is 10.9. The molecule has 2 nitrogen and oxygen atoms in total. The molecule has 0 aromatic rings. The predicted octanol–water partition coefficient (Wildman–Crippen LogP) is 6.20. The summed E-state index contributed by atoms with van der Waals surface area (Å²) in [6, 6.07) is 0. The summed E-state index contributed by atoms with van der Waals surface area (Å²) >= 11 is 0. The highest BCUT2D eigenvalue weighted by molar-refractivity contribution is 5.68. The largest absolute Gasteiger partial charge is 0.469 e. The Morgan fingerprint density at radius 3 is 1.76 bits per heavy atom. The van der Waals surface area contributed by atoms with Crippen molar-refractivity contribution in [3.05, 3.63) is 12.2 Å². The molecule has 0 aliphatic rings. The van der Waals surface area contributed by atoms with Crippen molar-refractivity contribution in [2.45, 2.75) is 96.8 Å². The Morgan fingerprint density at radius 1 is 0.762 bits per heavy atom. The molecule has 0 aliphatic carbocycles. The number of carbonyl (C=O) groups excluding carboxylic acids is 1. The number of rotatable bonds is 15. The molecule has 0 saturated heterocycles. The van der Waals surface area contributed by atoms with E-state index >= 15 is 0 Å². The molecule has 2 heteroatoms. The van der Waals surface area contributed by atoms with E-state index in [1.54, 1.807) is 0 Å². The zero-order valence-corrected chi connectivity index (χ0v) is 14.4. The molecule has 0 spiro atoms. The Kier molecular flexibility index (Phi) is 16.6. The summed E-state index contributed by atoms with van der Waals surface area (Å²) in [5.41, 5.74) is 0. The molecular formula is C19H36O2. The van der Waals surface area contributed by atoms with Crippen molar-refractivity contribution >= 4 is 5.97 Å². The van der Waals surface area contributed by atoms with Crippen LogP contribution in [-0.2, 0) is 9.53 Å². The van der Waals surface area contributed by atoms with Crippen LogP contribution in [-0.4, -0.2) is 13.1 Å². The Bertz CT molecular complexity index is 246. The second-order valence-electron chi connectivity index (χ2n) is 5.91. The van der Waals surface area contributed by atoms with Gasteiger partial charge in [0.05, 0.1) is 7.11 Å². The molecule has 0 aromatic carbocycles. The van der Waals surface area contributed by atoms with E-state index in [2.05, 4.69) is 23.8 Å². The summed E-state index contributed by atoms with van der Waals surface area (Å²) < 4.78 is 4.62. The summed E-state index contributed by atoms with van der Waals surface area (Å²) in [5, 5.41) is 0. The molecule has 0 unspecified atom stereocenters. The molecule has 0 atom stereocenters. The number of carbonyl (C=O) groups is 1. The predicted molar refractivity (Wildman–Crippen MR) is 91.5 cm³/mol. The molecule has 0 rings (SSSR count). The SMILES string of the molecule is CCCCCCCCCC/C=C/CCCCCC(=O)OC. The van der Waals surface area contributed by atoms with Gasteiger partial charge in [0.1, 0.15) is 0 Å². The van der Waals surface area contributed by atoms with Crippen molar-refractivity contribution in [3.63, 3.8) is 0 Å². The summed E-state index contributed by atoms with van der Waals surface area (Å²) in [5.74, 6) is -0.0831. The number of allylic oxidation sites excluding steroid dienone is 2. The van der Waals surface area contributed by atoms with Crippen LogP contribution in [0, 0.1) is 0 Å². The molecule has 21 heavy (non-hydrogen) atoms. The maximum absolute atomic E-state index is 10.9. The van der Waals surface area contributed by atoms with Crippen LogP contribution in [0.5, 0.6) is 0 Å². The van der Waals surface area contributed by atoms with Crippen LogP contribution < -0.4 is 0 Å². The fourth-order valence-corrected chi connectivity index (χ4v) is 2.44. The number of esters is 1. The van der Waals surface area contributed by atoms with Gasteiger partial charge in [0.25, 0.3) is 0 Å². The Labute approximate surface area is 132 Å². The second kappa shape index (κ2) is 17.3. The minimum absolute atomic E-state index is 0.0831. The smallest absolute Gasteiger partial charge is 0.305 e. The molecule has 0 heterocycles. The lowest BCUT2D eigenvalue weighted by atomic mass is 10.1. The first-order chi connectivity index (χ1) is 10.3. The second-order valence-corrected chi connectivity index (χ2v) is 5.91. The maximum Gasteiger partial charge on any atom is 0.305 e. The van der Waals surface area contributed by atoms with Gasteiger partial charge in [0, 0.05) is 6.42 Å². The standard InChI is InChI=1S/C19H36O2/c1-3-4-5-6-7-8-9-10-11-12-13-14-15-16-17-18-19(20)21-2/h12-13H,3-11,14-18H2,1-2H3/b13-12+. The van der Waals surface area contributed by atoms with Gasteiger partial charge in [0.15, 0.2) is 0 Å². The van der Waals surface area contributed by atoms with Crippen LogP contribution in [0.4, 0.5) is 0 Å². The van der Waals surface area contributed by atoms with Gasteiger partial charge in [-0.2, -0.15) is 0 Å². The van der Waals surface area contributed by atoms with E-state index in [0.717, 1.165) is 19.3 Å². The summed E-state index contributed by atoms with van der Waals surface area (Å²) in [6.07, 6.45) is 22.0. The average molecular weight is 296 g/mol. The topological polar surface area (TPSA) is 26.3 Å². The molecule has 0 amide bonds. The minimum atomic E-state index is -0.0831. The number of methoxy groups -OCH3 is 1. The van der Waals surface area contributed by atoms with Crippen LogP contribution in [0.15, 0.2) is 12.2 Å². The molecule has 0 saturated carbocycles. The third-order valence-corrected chi connectivity index (χ3v) is 3.87. The van der Waals surface area contributed by atoms with Crippen molar-refractivity contribution in [2.75, 3.05) is 7.11 Å². The number of unbranched alkanes of at least 4 members (excludes halogenated alkanes) is 11. The Balaban J connectivity index is 3.10. The third kappa shape index (κ3) is 17.2. The molecule has 0 N–H and O–H groups in total.